The summed E-state index contributed by atoms with van der Waals surface area (Å²) in [5.41, 5.74) is 1.46. The number of unbranched alkanes of at least 4 members (excludes halogenated alkanes) is 1. The van der Waals surface area contributed by atoms with Gasteiger partial charge < -0.3 is 15.2 Å². The van der Waals surface area contributed by atoms with Crippen molar-refractivity contribution in [1.82, 2.24) is 4.98 Å². The van der Waals surface area contributed by atoms with E-state index in [1.807, 2.05) is 13.0 Å². The molecule has 1 aromatic heterocycles. The number of carbonyl (C=O) groups is 2. The van der Waals surface area contributed by atoms with Crippen molar-refractivity contribution in [2.24, 2.45) is 0 Å². The number of carbonyl (C=O) groups excluding carboxylic acids is 1. The van der Waals surface area contributed by atoms with Crippen molar-refractivity contribution in [2.45, 2.75) is 32.6 Å². The molecule has 0 fully saturated rings. The smallest absolute Gasteiger partial charge is 0.303 e. The van der Waals surface area contributed by atoms with Crippen molar-refractivity contribution in [3.63, 3.8) is 0 Å². The predicted octanol–water partition coefficient (Wildman–Crippen LogP) is 3.20. The summed E-state index contributed by atoms with van der Waals surface area (Å²) in [6.07, 6.45) is 1.41. The molecule has 1 amide bonds. The van der Waals surface area contributed by atoms with E-state index in [0.717, 1.165) is 15.2 Å². The molecule has 0 aliphatic rings. The second kappa shape index (κ2) is 7.22. The lowest BCUT2D eigenvalue weighted by molar-refractivity contribution is -0.137. The maximum atomic E-state index is 11.9. The molecule has 0 spiro atoms. The number of anilines is 1. The molecule has 1 aromatic carbocycles. The summed E-state index contributed by atoms with van der Waals surface area (Å²) in [6.45, 7) is 1.93. The van der Waals surface area contributed by atoms with Crippen molar-refractivity contribution in [1.29, 1.82) is 0 Å². The zero-order valence-electron chi connectivity index (χ0n) is 12.5. The largest absolute Gasteiger partial charge is 0.494 e. The van der Waals surface area contributed by atoms with E-state index in [2.05, 4.69) is 10.3 Å². The number of nitrogens with zero attached hydrogens (tertiary/aromatic N) is 1. The van der Waals surface area contributed by atoms with Crippen LogP contribution in [0.4, 0.5) is 5.69 Å². The Bertz CT molecular complexity index is 696. The molecule has 0 unspecified atom stereocenters. The molecule has 0 bridgehead atoms. The fraction of sp³-hybridized carbons (Fsp3) is 0.400. The third-order valence-corrected chi connectivity index (χ3v) is 4.07. The minimum Gasteiger partial charge on any atom is -0.494 e. The number of carboxylic acids is 1. The number of thiazole rings is 1. The number of fused-ring (bicyclic) bond motifs is 1. The van der Waals surface area contributed by atoms with Crippen molar-refractivity contribution in [3.05, 3.63) is 17.1 Å². The van der Waals surface area contributed by atoms with E-state index in [1.165, 1.54) is 0 Å². The Kier molecular flexibility index (Phi) is 5.32. The molecule has 0 saturated heterocycles. The zero-order chi connectivity index (χ0) is 16.1. The predicted molar refractivity (Wildman–Crippen MR) is 85.6 cm³/mol. The van der Waals surface area contributed by atoms with Crippen LogP contribution in [0.15, 0.2) is 12.1 Å². The molecule has 0 saturated carbocycles. The topological polar surface area (TPSA) is 88.5 Å². The summed E-state index contributed by atoms with van der Waals surface area (Å²) in [5, 5.41) is 12.3. The van der Waals surface area contributed by atoms with Gasteiger partial charge in [0.1, 0.15) is 5.75 Å². The van der Waals surface area contributed by atoms with Crippen LogP contribution in [0.5, 0.6) is 5.75 Å². The number of ether oxygens (including phenoxy) is 1. The molecular formula is C15H18N2O4S. The number of aromatic nitrogens is 1. The van der Waals surface area contributed by atoms with E-state index in [4.69, 9.17) is 9.84 Å². The first-order valence-electron chi connectivity index (χ1n) is 6.96. The molecule has 2 N–H and O–H groups in total. The van der Waals surface area contributed by atoms with Crippen molar-refractivity contribution in [3.8, 4) is 5.75 Å². The van der Waals surface area contributed by atoms with Gasteiger partial charge in [0.15, 0.2) is 0 Å². The molecule has 0 radical (unpaired) electrons. The van der Waals surface area contributed by atoms with Gasteiger partial charge in [0.25, 0.3) is 0 Å². The summed E-state index contributed by atoms with van der Waals surface area (Å²) < 4.78 is 6.28. The Hall–Kier alpha value is -2.15. The van der Waals surface area contributed by atoms with E-state index < -0.39 is 5.97 Å². The monoisotopic (exact) mass is 322 g/mol. The van der Waals surface area contributed by atoms with Crippen LogP contribution in [-0.4, -0.2) is 29.1 Å². The molecule has 2 rings (SSSR count). The van der Waals surface area contributed by atoms with Gasteiger partial charge in [0.2, 0.25) is 5.91 Å². The SMILES string of the molecule is COc1cc2nc(C)sc2cc1NC(=O)CCCCC(=O)O. The highest BCUT2D eigenvalue weighted by Gasteiger charge is 2.11. The Morgan fingerprint density at radius 2 is 2.05 bits per heavy atom. The number of rotatable bonds is 7. The first-order chi connectivity index (χ1) is 10.5. The highest BCUT2D eigenvalue weighted by Crippen LogP contribution is 2.33. The summed E-state index contributed by atoms with van der Waals surface area (Å²) in [7, 11) is 1.54. The van der Waals surface area contributed by atoms with E-state index >= 15 is 0 Å². The number of methoxy groups -OCH3 is 1. The van der Waals surface area contributed by atoms with Crippen LogP contribution in [0.1, 0.15) is 30.7 Å². The summed E-state index contributed by atoms with van der Waals surface area (Å²) in [4.78, 5) is 26.8. The molecule has 0 atom stereocenters. The van der Waals surface area contributed by atoms with Gasteiger partial charge in [-0.05, 0) is 25.8 Å². The second-order valence-electron chi connectivity index (χ2n) is 4.90. The number of carboxylic acid groups (broad SMARTS) is 1. The number of amides is 1. The van der Waals surface area contributed by atoms with Crippen LogP contribution in [0.2, 0.25) is 0 Å². The lowest BCUT2D eigenvalue weighted by Gasteiger charge is -2.10. The molecule has 7 heteroatoms. The van der Waals surface area contributed by atoms with E-state index in [-0.39, 0.29) is 18.7 Å². The fourth-order valence-corrected chi connectivity index (χ4v) is 2.96. The average molecular weight is 322 g/mol. The minimum absolute atomic E-state index is 0.0860. The number of aryl methyl sites for hydroxylation is 1. The molecule has 22 heavy (non-hydrogen) atoms. The van der Waals surface area contributed by atoms with Crippen LogP contribution in [0.3, 0.4) is 0 Å². The van der Waals surface area contributed by atoms with E-state index in [1.54, 1.807) is 24.5 Å². The standard InChI is InChI=1S/C15H18N2O4S/c1-9-16-11-7-12(21-2)10(8-13(11)22-9)17-14(18)5-3-4-6-15(19)20/h7-8H,3-6H2,1-2H3,(H,17,18)(H,19,20). The molecule has 118 valence electrons. The van der Waals surface area contributed by atoms with Gasteiger partial charge >= 0.3 is 5.97 Å². The van der Waals surface area contributed by atoms with Crippen LogP contribution >= 0.6 is 11.3 Å². The van der Waals surface area contributed by atoms with Gasteiger partial charge in [-0.1, -0.05) is 0 Å². The molecule has 1 heterocycles. The average Bonchev–Trinajstić information content (AvgIpc) is 2.81. The highest BCUT2D eigenvalue weighted by atomic mass is 32.1. The van der Waals surface area contributed by atoms with Crippen molar-refractivity contribution < 1.29 is 19.4 Å². The summed E-state index contributed by atoms with van der Waals surface area (Å²) >= 11 is 1.55. The Balaban J connectivity index is 2.03. The van der Waals surface area contributed by atoms with Crippen molar-refractivity contribution >= 4 is 39.1 Å². The summed E-state index contributed by atoms with van der Waals surface area (Å²) in [5.74, 6) is -0.422. The van der Waals surface area contributed by atoms with E-state index in [0.29, 0.717) is 24.3 Å². The first-order valence-corrected chi connectivity index (χ1v) is 7.78. The second-order valence-corrected chi connectivity index (χ2v) is 6.14. The van der Waals surface area contributed by atoms with Gasteiger partial charge in [-0.25, -0.2) is 4.98 Å². The van der Waals surface area contributed by atoms with Crippen LogP contribution < -0.4 is 10.1 Å². The molecule has 0 aliphatic heterocycles. The Morgan fingerprint density at radius 3 is 2.73 bits per heavy atom. The van der Waals surface area contributed by atoms with Gasteiger partial charge in [0.05, 0.1) is 28.0 Å². The fourth-order valence-electron chi connectivity index (χ4n) is 2.11. The number of hydrogen-bond acceptors (Lipinski definition) is 5. The molecule has 6 nitrogen and oxygen atoms in total. The third-order valence-electron chi connectivity index (χ3n) is 3.14. The Labute approximate surface area is 132 Å². The summed E-state index contributed by atoms with van der Waals surface area (Å²) in [6, 6.07) is 3.66. The number of benzene rings is 1. The maximum Gasteiger partial charge on any atom is 0.303 e. The first kappa shape index (κ1) is 16.2. The highest BCUT2D eigenvalue weighted by molar-refractivity contribution is 7.18. The van der Waals surface area contributed by atoms with Crippen molar-refractivity contribution in [2.75, 3.05) is 12.4 Å². The van der Waals surface area contributed by atoms with Crippen LogP contribution in [0.25, 0.3) is 10.2 Å². The Morgan fingerprint density at radius 1 is 1.32 bits per heavy atom. The van der Waals surface area contributed by atoms with E-state index in [9.17, 15) is 9.59 Å². The van der Waals surface area contributed by atoms with Gasteiger partial charge in [0, 0.05) is 18.9 Å². The zero-order valence-corrected chi connectivity index (χ0v) is 13.3. The maximum absolute atomic E-state index is 11.9. The van der Waals surface area contributed by atoms with Crippen LogP contribution in [-0.2, 0) is 9.59 Å². The van der Waals surface area contributed by atoms with Gasteiger partial charge in [-0.3, -0.25) is 9.59 Å². The lowest BCUT2D eigenvalue weighted by Crippen LogP contribution is -2.12. The quantitative estimate of drug-likeness (QED) is 0.764. The normalized spacial score (nSPS) is 10.6. The number of aliphatic carboxylic acids is 1. The number of hydrogen-bond donors (Lipinski definition) is 2. The minimum atomic E-state index is -0.840. The van der Waals surface area contributed by atoms with Crippen LogP contribution in [0, 0.1) is 6.92 Å². The lowest BCUT2D eigenvalue weighted by atomic mass is 10.2. The molecule has 0 aliphatic carbocycles. The van der Waals surface area contributed by atoms with Gasteiger partial charge in [-0.2, -0.15) is 0 Å². The molecule has 2 aromatic rings. The van der Waals surface area contributed by atoms with Gasteiger partial charge in [-0.15, -0.1) is 11.3 Å². The third kappa shape index (κ3) is 4.17. The number of nitrogens with one attached hydrogen (secondary N) is 1. The molecular weight excluding hydrogens is 304 g/mol.